The van der Waals surface area contributed by atoms with Gasteiger partial charge >= 0.3 is 6.09 Å². The summed E-state index contributed by atoms with van der Waals surface area (Å²) in [5.41, 5.74) is 4.71. The molecule has 1 rings (SSSR count). The molecular formula is C10H18N2O3S. The second-order valence-electron chi connectivity index (χ2n) is 4.69. The van der Waals surface area contributed by atoms with Crippen molar-refractivity contribution in [3.05, 3.63) is 0 Å². The summed E-state index contributed by atoms with van der Waals surface area (Å²) in [4.78, 5) is 24.3. The Morgan fingerprint density at radius 1 is 1.44 bits per heavy atom. The zero-order chi connectivity index (χ0) is 12.3. The van der Waals surface area contributed by atoms with Gasteiger partial charge in [-0.2, -0.15) is 0 Å². The minimum atomic E-state index is -0.510. The van der Waals surface area contributed by atoms with Gasteiger partial charge < -0.3 is 15.4 Å². The highest BCUT2D eigenvalue weighted by Gasteiger charge is 2.30. The predicted octanol–water partition coefficient (Wildman–Crippen LogP) is 0.824. The van der Waals surface area contributed by atoms with E-state index in [0.717, 1.165) is 0 Å². The fraction of sp³-hybridized carbons (Fsp3) is 0.800. The van der Waals surface area contributed by atoms with E-state index in [1.165, 1.54) is 16.7 Å². The van der Waals surface area contributed by atoms with Crippen LogP contribution in [0.4, 0.5) is 4.79 Å². The van der Waals surface area contributed by atoms with Crippen molar-refractivity contribution in [2.24, 2.45) is 5.73 Å². The lowest BCUT2D eigenvalue weighted by Gasteiger charge is -2.32. The zero-order valence-electron chi connectivity index (χ0n) is 9.86. The Hall–Kier alpha value is -0.910. The summed E-state index contributed by atoms with van der Waals surface area (Å²) in [6.07, 6.45) is -0.376. The summed E-state index contributed by atoms with van der Waals surface area (Å²) >= 11 is 1.49. The molecule has 2 N–H and O–H groups in total. The molecule has 0 radical (unpaired) electrons. The van der Waals surface area contributed by atoms with Crippen molar-refractivity contribution in [2.45, 2.75) is 31.6 Å². The minimum Gasteiger partial charge on any atom is -0.444 e. The largest absolute Gasteiger partial charge is 0.444 e. The van der Waals surface area contributed by atoms with Gasteiger partial charge in [0.05, 0.1) is 0 Å². The molecule has 1 aliphatic rings. The Balaban J connectivity index is 2.54. The average Bonchev–Trinajstić information content (AvgIpc) is 2.15. The third kappa shape index (κ3) is 3.92. The van der Waals surface area contributed by atoms with E-state index < -0.39 is 5.60 Å². The Labute approximate surface area is 99.7 Å². The van der Waals surface area contributed by atoms with Crippen molar-refractivity contribution in [2.75, 3.05) is 18.8 Å². The summed E-state index contributed by atoms with van der Waals surface area (Å²) in [7, 11) is 0. The van der Waals surface area contributed by atoms with Crippen molar-refractivity contribution in [1.82, 2.24) is 4.90 Å². The first-order chi connectivity index (χ1) is 7.29. The second-order valence-corrected chi connectivity index (χ2v) is 6.00. The highest BCUT2D eigenvalue weighted by Crippen LogP contribution is 2.20. The molecule has 0 saturated carbocycles. The van der Waals surface area contributed by atoms with Gasteiger partial charge in [0.25, 0.3) is 0 Å². The first-order valence-electron chi connectivity index (χ1n) is 5.18. The van der Waals surface area contributed by atoms with E-state index in [2.05, 4.69) is 0 Å². The highest BCUT2D eigenvalue weighted by atomic mass is 32.2. The monoisotopic (exact) mass is 246 g/mol. The SMILES string of the molecule is CC(C)(C)OC(=O)N1CCSC(C(N)=O)C1. The molecule has 1 unspecified atom stereocenters. The first-order valence-corrected chi connectivity index (χ1v) is 6.23. The number of carbonyl (C=O) groups excluding carboxylic acids is 2. The van der Waals surface area contributed by atoms with Gasteiger partial charge in [-0.05, 0) is 20.8 Å². The smallest absolute Gasteiger partial charge is 0.410 e. The lowest BCUT2D eigenvalue weighted by molar-refractivity contribution is -0.117. The summed E-state index contributed by atoms with van der Waals surface area (Å²) in [6, 6.07) is 0. The van der Waals surface area contributed by atoms with Crippen LogP contribution in [0.25, 0.3) is 0 Å². The number of nitrogens with two attached hydrogens (primary N) is 1. The second kappa shape index (κ2) is 4.95. The molecular weight excluding hydrogens is 228 g/mol. The molecule has 0 aromatic rings. The normalized spacial score (nSPS) is 21.7. The van der Waals surface area contributed by atoms with Crippen LogP contribution >= 0.6 is 11.8 Å². The first kappa shape index (κ1) is 13.2. The van der Waals surface area contributed by atoms with E-state index in [0.29, 0.717) is 18.8 Å². The Kier molecular flexibility index (Phi) is 4.07. The van der Waals surface area contributed by atoms with Crippen molar-refractivity contribution in [3.8, 4) is 0 Å². The van der Waals surface area contributed by atoms with Crippen LogP contribution < -0.4 is 5.73 Å². The van der Waals surface area contributed by atoms with Crippen LogP contribution in [-0.2, 0) is 9.53 Å². The molecule has 0 bridgehead atoms. The fourth-order valence-corrected chi connectivity index (χ4v) is 2.37. The van der Waals surface area contributed by atoms with E-state index >= 15 is 0 Å². The number of amides is 2. The van der Waals surface area contributed by atoms with E-state index in [1.807, 2.05) is 20.8 Å². The molecule has 0 spiro atoms. The molecule has 6 heteroatoms. The molecule has 0 aliphatic carbocycles. The van der Waals surface area contributed by atoms with Crippen LogP contribution in [0.15, 0.2) is 0 Å². The molecule has 2 amide bonds. The molecule has 1 fully saturated rings. The van der Waals surface area contributed by atoms with Gasteiger partial charge in [0.1, 0.15) is 10.9 Å². The van der Waals surface area contributed by atoms with Crippen LogP contribution in [0.3, 0.4) is 0 Å². The molecule has 92 valence electrons. The number of hydrogen-bond donors (Lipinski definition) is 1. The Morgan fingerprint density at radius 3 is 2.56 bits per heavy atom. The van der Waals surface area contributed by atoms with Gasteiger partial charge in [-0.1, -0.05) is 0 Å². The lowest BCUT2D eigenvalue weighted by atomic mass is 10.2. The number of carbonyl (C=O) groups is 2. The van der Waals surface area contributed by atoms with E-state index in [-0.39, 0.29) is 17.3 Å². The summed E-state index contributed by atoms with van der Waals surface area (Å²) < 4.78 is 5.23. The number of primary amides is 1. The molecule has 1 saturated heterocycles. The zero-order valence-corrected chi connectivity index (χ0v) is 10.7. The summed E-state index contributed by atoms with van der Waals surface area (Å²) in [5.74, 6) is 0.339. The maximum absolute atomic E-state index is 11.7. The third-order valence-electron chi connectivity index (χ3n) is 2.04. The number of thioether (sulfide) groups is 1. The van der Waals surface area contributed by atoms with E-state index in [1.54, 1.807) is 0 Å². The molecule has 0 aromatic heterocycles. The number of nitrogens with zero attached hydrogens (tertiary/aromatic N) is 1. The van der Waals surface area contributed by atoms with Gasteiger partial charge in [0.2, 0.25) is 5.91 Å². The van der Waals surface area contributed by atoms with Crippen molar-refractivity contribution in [1.29, 1.82) is 0 Å². The fourth-order valence-electron chi connectivity index (χ4n) is 1.31. The van der Waals surface area contributed by atoms with Gasteiger partial charge in [0.15, 0.2) is 0 Å². The van der Waals surface area contributed by atoms with Gasteiger partial charge in [-0.25, -0.2) is 4.79 Å². The predicted molar refractivity (Wildman–Crippen MR) is 63.2 cm³/mol. The average molecular weight is 246 g/mol. The topological polar surface area (TPSA) is 72.6 Å². The molecule has 1 atom stereocenters. The molecule has 0 aromatic carbocycles. The highest BCUT2D eigenvalue weighted by molar-refractivity contribution is 8.00. The van der Waals surface area contributed by atoms with Crippen LogP contribution in [0.1, 0.15) is 20.8 Å². The van der Waals surface area contributed by atoms with Crippen molar-refractivity contribution in [3.63, 3.8) is 0 Å². The van der Waals surface area contributed by atoms with E-state index in [4.69, 9.17) is 10.5 Å². The molecule has 1 heterocycles. The van der Waals surface area contributed by atoms with Gasteiger partial charge in [0, 0.05) is 18.8 Å². The maximum Gasteiger partial charge on any atom is 0.410 e. The molecule has 5 nitrogen and oxygen atoms in total. The quantitative estimate of drug-likeness (QED) is 0.743. The van der Waals surface area contributed by atoms with Gasteiger partial charge in [-0.15, -0.1) is 11.8 Å². The van der Waals surface area contributed by atoms with Crippen LogP contribution in [0, 0.1) is 0 Å². The molecule has 16 heavy (non-hydrogen) atoms. The number of rotatable bonds is 1. The lowest BCUT2D eigenvalue weighted by Crippen LogP contribution is -2.48. The third-order valence-corrected chi connectivity index (χ3v) is 3.24. The van der Waals surface area contributed by atoms with Crippen LogP contribution in [0.5, 0.6) is 0 Å². The standard InChI is InChI=1S/C10H18N2O3S/c1-10(2,3)15-9(14)12-4-5-16-7(6-12)8(11)13/h7H,4-6H2,1-3H3,(H2,11,13). The number of hydrogen-bond acceptors (Lipinski definition) is 4. The van der Waals surface area contributed by atoms with Gasteiger partial charge in [-0.3, -0.25) is 4.79 Å². The Bertz CT molecular complexity index is 288. The summed E-state index contributed by atoms with van der Waals surface area (Å²) in [6.45, 7) is 6.39. The molecule has 1 aliphatic heterocycles. The Morgan fingerprint density at radius 2 is 2.06 bits per heavy atom. The summed E-state index contributed by atoms with van der Waals surface area (Å²) in [5, 5.41) is -0.318. The maximum atomic E-state index is 11.7. The minimum absolute atomic E-state index is 0.318. The van der Waals surface area contributed by atoms with Crippen LogP contribution in [-0.4, -0.2) is 46.6 Å². The van der Waals surface area contributed by atoms with Crippen molar-refractivity contribution >= 4 is 23.8 Å². The van der Waals surface area contributed by atoms with E-state index in [9.17, 15) is 9.59 Å². The number of ether oxygens (including phenoxy) is 1. The van der Waals surface area contributed by atoms with Crippen molar-refractivity contribution < 1.29 is 14.3 Å². The van der Waals surface area contributed by atoms with Crippen LogP contribution in [0.2, 0.25) is 0 Å².